The zero-order valence-corrected chi connectivity index (χ0v) is 11.1. The number of ether oxygens (including phenoxy) is 1. The fraction of sp³-hybridized carbons (Fsp3) is 0.357. The number of benzene rings is 1. The van der Waals surface area contributed by atoms with Crippen LogP contribution in [0, 0.1) is 5.92 Å². The maximum Gasteiger partial charge on any atom is 0.235 e. The molecule has 1 aliphatic heterocycles. The van der Waals surface area contributed by atoms with Crippen LogP contribution in [0.25, 0.3) is 0 Å². The van der Waals surface area contributed by atoms with Crippen LogP contribution < -0.4 is 10.1 Å². The fourth-order valence-corrected chi connectivity index (χ4v) is 2.52. The fourth-order valence-electron chi connectivity index (χ4n) is 2.34. The molecule has 2 aromatic rings. The second-order valence-corrected chi connectivity index (χ2v) is 5.00. The minimum atomic E-state index is -0.204. The minimum Gasteiger partial charge on any atom is -0.479 e. The van der Waals surface area contributed by atoms with E-state index in [9.17, 15) is 0 Å². The van der Waals surface area contributed by atoms with E-state index in [0.29, 0.717) is 22.6 Å². The molecule has 0 unspecified atom stereocenters. The van der Waals surface area contributed by atoms with Crippen molar-refractivity contribution in [2.24, 2.45) is 5.92 Å². The molecule has 0 bridgehead atoms. The molecule has 2 atom stereocenters. The van der Waals surface area contributed by atoms with Crippen LogP contribution in [0.4, 0.5) is 0 Å². The van der Waals surface area contributed by atoms with Crippen molar-refractivity contribution in [3.8, 4) is 5.75 Å². The third-order valence-corrected chi connectivity index (χ3v) is 3.62. The average Bonchev–Trinajstić information content (AvgIpc) is 3.11. The maximum absolute atomic E-state index is 6.14. The summed E-state index contributed by atoms with van der Waals surface area (Å²) >= 11 is 6.14. The molecule has 4 nitrogen and oxygen atoms in total. The van der Waals surface area contributed by atoms with Gasteiger partial charge in [-0.25, -0.2) is 4.98 Å². The van der Waals surface area contributed by atoms with Crippen molar-refractivity contribution in [2.75, 3.05) is 13.1 Å². The second-order valence-electron chi connectivity index (χ2n) is 4.59. The number of halogens is 1. The van der Waals surface area contributed by atoms with Crippen LogP contribution in [0.15, 0.2) is 41.1 Å². The zero-order chi connectivity index (χ0) is 13.1. The maximum atomic E-state index is 6.14. The quantitative estimate of drug-likeness (QED) is 0.934. The van der Waals surface area contributed by atoms with Gasteiger partial charge in [-0.2, -0.15) is 0 Å². The van der Waals surface area contributed by atoms with Gasteiger partial charge in [0.05, 0.1) is 11.2 Å². The molecule has 0 spiro atoms. The van der Waals surface area contributed by atoms with Crippen molar-refractivity contribution < 1.29 is 9.15 Å². The van der Waals surface area contributed by atoms with Crippen molar-refractivity contribution in [1.29, 1.82) is 0 Å². The van der Waals surface area contributed by atoms with Crippen LogP contribution in [0.1, 0.15) is 18.4 Å². The molecule has 1 fully saturated rings. The van der Waals surface area contributed by atoms with Gasteiger partial charge >= 0.3 is 0 Å². The molecular formula is C14H15ClN2O2. The van der Waals surface area contributed by atoms with Gasteiger partial charge in [0.15, 0.2) is 6.10 Å². The number of rotatable bonds is 4. The number of hydrogen-bond acceptors (Lipinski definition) is 4. The van der Waals surface area contributed by atoms with E-state index in [2.05, 4.69) is 10.3 Å². The van der Waals surface area contributed by atoms with Gasteiger partial charge in [0.2, 0.25) is 5.89 Å². The molecule has 3 rings (SSSR count). The van der Waals surface area contributed by atoms with E-state index >= 15 is 0 Å². The number of nitrogens with one attached hydrogen (secondary N) is 1. The highest BCUT2D eigenvalue weighted by Gasteiger charge is 2.31. The second kappa shape index (κ2) is 5.63. The molecule has 1 aromatic carbocycles. The lowest BCUT2D eigenvalue weighted by Gasteiger charge is -2.22. The van der Waals surface area contributed by atoms with Crippen molar-refractivity contribution in [3.63, 3.8) is 0 Å². The van der Waals surface area contributed by atoms with Crippen molar-refractivity contribution in [3.05, 3.63) is 47.6 Å². The SMILES string of the molecule is Clc1ccccc1O[C@H](c1ncco1)[C@@H]1CCNC1. The summed E-state index contributed by atoms with van der Waals surface area (Å²) in [5.74, 6) is 1.61. The highest BCUT2D eigenvalue weighted by Crippen LogP contribution is 2.34. The normalized spacial score (nSPS) is 20.4. The van der Waals surface area contributed by atoms with E-state index < -0.39 is 0 Å². The first kappa shape index (κ1) is 12.5. The Bertz CT molecular complexity index is 524. The smallest absolute Gasteiger partial charge is 0.235 e. The number of para-hydroxylation sites is 1. The van der Waals surface area contributed by atoms with Gasteiger partial charge in [-0.15, -0.1) is 0 Å². The zero-order valence-electron chi connectivity index (χ0n) is 10.4. The van der Waals surface area contributed by atoms with Crippen LogP contribution in [0.2, 0.25) is 5.02 Å². The average molecular weight is 279 g/mol. The van der Waals surface area contributed by atoms with Gasteiger partial charge in [0, 0.05) is 12.5 Å². The first-order valence-electron chi connectivity index (χ1n) is 6.36. The van der Waals surface area contributed by atoms with Crippen molar-refractivity contribution in [1.82, 2.24) is 10.3 Å². The summed E-state index contributed by atoms with van der Waals surface area (Å²) in [6.45, 7) is 1.89. The van der Waals surface area contributed by atoms with E-state index in [1.54, 1.807) is 12.5 Å². The third-order valence-electron chi connectivity index (χ3n) is 3.31. The summed E-state index contributed by atoms with van der Waals surface area (Å²) in [6.07, 6.45) is 4.05. The van der Waals surface area contributed by atoms with Gasteiger partial charge < -0.3 is 14.5 Å². The Kier molecular flexibility index (Phi) is 3.71. The summed E-state index contributed by atoms with van der Waals surface area (Å²) in [5.41, 5.74) is 0. The molecule has 5 heteroatoms. The third kappa shape index (κ3) is 2.74. The molecule has 1 aliphatic rings. The van der Waals surface area contributed by atoms with E-state index in [0.717, 1.165) is 19.5 Å². The predicted octanol–water partition coefficient (Wildman–Crippen LogP) is 3.06. The Labute approximate surface area is 116 Å². The Morgan fingerprint density at radius 2 is 2.32 bits per heavy atom. The standard InChI is InChI=1S/C14H15ClN2O2/c15-11-3-1-2-4-12(11)19-13(10-5-6-16-9-10)14-17-7-8-18-14/h1-4,7-8,10,13,16H,5-6,9H2/t10-,13+/m1/s1. The summed E-state index contributed by atoms with van der Waals surface area (Å²) in [4.78, 5) is 4.22. The number of nitrogens with zero attached hydrogens (tertiary/aromatic N) is 1. The van der Waals surface area contributed by atoms with Gasteiger partial charge in [0.25, 0.3) is 0 Å². The highest BCUT2D eigenvalue weighted by molar-refractivity contribution is 6.32. The molecule has 2 heterocycles. The van der Waals surface area contributed by atoms with Crippen LogP contribution in [-0.2, 0) is 0 Å². The monoisotopic (exact) mass is 278 g/mol. The van der Waals surface area contributed by atoms with E-state index in [-0.39, 0.29) is 6.10 Å². The van der Waals surface area contributed by atoms with E-state index in [1.807, 2.05) is 24.3 Å². The Hall–Kier alpha value is -1.52. The predicted molar refractivity (Wildman–Crippen MR) is 72.3 cm³/mol. The lowest BCUT2D eigenvalue weighted by atomic mass is 10.0. The summed E-state index contributed by atoms with van der Waals surface area (Å²) in [7, 11) is 0. The molecular weight excluding hydrogens is 264 g/mol. The summed E-state index contributed by atoms with van der Waals surface area (Å²) in [5, 5.41) is 3.93. The number of aromatic nitrogens is 1. The van der Waals surface area contributed by atoms with Crippen molar-refractivity contribution in [2.45, 2.75) is 12.5 Å². The van der Waals surface area contributed by atoms with Gasteiger partial charge in [0.1, 0.15) is 12.0 Å². The largest absolute Gasteiger partial charge is 0.479 e. The summed E-state index contributed by atoms with van der Waals surface area (Å²) in [6, 6.07) is 7.46. The molecule has 19 heavy (non-hydrogen) atoms. The molecule has 100 valence electrons. The first-order valence-corrected chi connectivity index (χ1v) is 6.73. The molecule has 0 saturated carbocycles. The number of hydrogen-bond donors (Lipinski definition) is 1. The highest BCUT2D eigenvalue weighted by atomic mass is 35.5. The Morgan fingerprint density at radius 1 is 1.42 bits per heavy atom. The van der Waals surface area contributed by atoms with E-state index in [1.165, 1.54) is 0 Å². The first-order chi connectivity index (χ1) is 9.34. The molecule has 1 N–H and O–H groups in total. The minimum absolute atomic E-state index is 0.204. The Morgan fingerprint density at radius 3 is 3.00 bits per heavy atom. The van der Waals surface area contributed by atoms with Crippen LogP contribution in [-0.4, -0.2) is 18.1 Å². The lowest BCUT2D eigenvalue weighted by molar-refractivity contribution is 0.114. The Balaban J connectivity index is 1.85. The van der Waals surface area contributed by atoms with Crippen LogP contribution in [0.3, 0.4) is 0 Å². The number of oxazole rings is 1. The van der Waals surface area contributed by atoms with Gasteiger partial charge in [-0.05, 0) is 25.1 Å². The molecule has 1 saturated heterocycles. The molecule has 1 aromatic heterocycles. The lowest BCUT2D eigenvalue weighted by Crippen LogP contribution is -2.21. The van der Waals surface area contributed by atoms with Crippen LogP contribution in [0.5, 0.6) is 5.75 Å². The molecule has 0 radical (unpaired) electrons. The summed E-state index contributed by atoms with van der Waals surface area (Å²) < 4.78 is 11.5. The molecule has 0 aliphatic carbocycles. The molecule has 0 amide bonds. The van der Waals surface area contributed by atoms with Crippen molar-refractivity contribution >= 4 is 11.6 Å². The van der Waals surface area contributed by atoms with E-state index in [4.69, 9.17) is 20.8 Å². The topological polar surface area (TPSA) is 47.3 Å². The van der Waals surface area contributed by atoms with Crippen LogP contribution >= 0.6 is 11.6 Å². The van der Waals surface area contributed by atoms with Gasteiger partial charge in [-0.3, -0.25) is 0 Å². The van der Waals surface area contributed by atoms with Gasteiger partial charge in [-0.1, -0.05) is 23.7 Å².